The van der Waals surface area contributed by atoms with Gasteiger partial charge in [-0.1, -0.05) is 19.3 Å². The van der Waals surface area contributed by atoms with Gasteiger partial charge < -0.3 is 15.0 Å². The second kappa shape index (κ2) is 8.37. The highest BCUT2D eigenvalue weighted by molar-refractivity contribution is 5.89. The van der Waals surface area contributed by atoms with E-state index in [1.54, 1.807) is 0 Å². The summed E-state index contributed by atoms with van der Waals surface area (Å²) in [5.41, 5.74) is 0. The molecule has 0 aromatic rings. The van der Waals surface area contributed by atoms with E-state index in [-0.39, 0.29) is 17.7 Å². The molecule has 2 amide bonds. The van der Waals surface area contributed by atoms with Crippen LogP contribution < -0.4 is 5.32 Å². The number of hydrogen-bond acceptors (Lipinski definition) is 3. The van der Waals surface area contributed by atoms with Gasteiger partial charge in [0.15, 0.2) is 0 Å². The zero-order chi connectivity index (χ0) is 15.1. The summed E-state index contributed by atoms with van der Waals surface area (Å²) in [6.07, 6.45) is 7.12. The third kappa shape index (κ3) is 4.70. The minimum atomic E-state index is -0.161. The molecule has 0 bridgehead atoms. The van der Waals surface area contributed by atoms with Crippen molar-refractivity contribution in [3.05, 3.63) is 0 Å². The fourth-order valence-corrected chi connectivity index (χ4v) is 3.33. The second-order valence-corrected chi connectivity index (χ2v) is 6.08. The maximum Gasteiger partial charge on any atom is 0.225 e. The Morgan fingerprint density at radius 3 is 2.81 bits per heavy atom. The number of carbonyl (C=O) groups excluding carboxylic acids is 2. The highest BCUT2D eigenvalue weighted by Gasteiger charge is 2.37. The zero-order valence-electron chi connectivity index (χ0n) is 13.1. The molecular formula is C16H28N2O3. The van der Waals surface area contributed by atoms with Gasteiger partial charge in [-0.15, -0.1) is 0 Å². The molecule has 21 heavy (non-hydrogen) atoms. The minimum Gasteiger partial charge on any atom is -0.382 e. The van der Waals surface area contributed by atoms with Crippen molar-refractivity contribution in [2.75, 3.05) is 26.3 Å². The molecule has 1 aliphatic heterocycles. The van der Waals surface area contributed by atoms with Gasteiger partial charge in [0.1, 0.15) is 0 Å². The molecule has 0 radical (unpaired) electrons. The summed E-state index contributed by atoms with van der Waals surface area (Å²) in [4.78, 5) is 26.2. The molecular weight excluding hydrogens is 268 g/mol. The molecule has 5 nitrogen and oxygen atoms in total. The molecule has 1 atom stereocenters. The first-order valence-electron chi connectivity index (χ1n) is 8.37. The van der Waals surface area contributed by atoms with Crippen LogP contribution in [0, 0.1) is 5.92 Å². The van der Waals surface area contributed by atoms with Crippen LogP contribution in [0.25, 0.3) is 0 Å². The molecule has 0 spiro atoms. The first-order valence-corrected chi connectivity index (χ1v) is 8.37. The van der Waals surface area contributed by atoms with Gasteiger partial charge in [-0.25, -0.2) is 0 Å². The molecule has 1 heterocycles. The lowest BCUT2D eigenvalue weighted by Gasteiger charge is -2.31. The van der Waals surface area contributed by atoms with Crippen LogP contribution in [0.3, 0.4) is 0 Å². The van der Waals surface area contributed by atoms with Crippen LogP contribution in [0.15, 0.2) is 0 Å². The fraction of sp³-hybridized carbons (Fsp3) is 0.875. The van der Waals surface area contributed by atoms with Crippen LogP contribution in [0.2, 0.25) is 0 Å². The van der Waals surface area contributed by atoms with Crippen molar-refractivity contribution >= 4 is 11.8 Å². The normalized spacial score (nSPS) is 23.6. The molecule has 2 aliphatic rings. The van der Waals surface area contributed by atoms with E-state index in [0.717, 1.165) is 19.3 Å². The summed E-state index contributed by atoms with van der Waals surface area (Å²) in [5.74, 6) is 0.0287. The third-order valence-corrected chi connectivity index (χ3v) is 4.51. The largest absolute Gasteiger partial charge is 0.382 e. The maximum atomic E-state index is 12.1. The van der Waals surface area contributed by atoms with Crippen molar-refractivity contribution in [3.63, 3.8) is 0 Å². The van der Waals surface area contributed by atoms with Gasteiger partial charge in [-0.05, 0) is 26.2 Å². The predicted octanol–water partition coefficient (Wildman–Crippen LogP) is 1.71. The molecule has 1 N–H and O–H groups in total. The first kappa shape index (κ1) is 16.3. The van der Waals surface area contributed by atoms with Gasteiger partial charge in [0, 0.05) is 38.8 Å². The Bertz CT molecular complexity index is 353. The lowest BCUT2D eigenvalue weighted by molar-refractivity contribution is -0.130. The number of nitrogens with one attached hydrogen (secondary N) is 1. The van der Waals surface area contributed by atoms with Gasteiger partial charge in [-0.2, -0.15) is 0 Å². The van der Waals surface area contributed by atoms with Crippen molar-refractivity contribution < 1.29 is 14.3 Å². The average molecular weight is 296 g/mol. The van der Waals surface area contributed by atoms with Gasteiger partial charge in [0.25, 0.3) is 0 Å². The van der Waals surface area contributed by atoms with Crippen molar-refractivity contribution in [1.29, 1.82) is 0 Å². The number of carbonyl (C=O) groups is 2. The van der Waals surface area contributed by atoms with E-state index >= 15 is 0 Å². The monoisotopic (exact) mass is 296 g/mol. The topological polar surface area (TPSA) is 58.6 Å². The Morgan fingerprint density at radius 2 is 2.10 bits per heavy atom. The van der Waals surface area contributed by atoms with E-state index in [9.17, 15) is 9.59 Å². The Kier molecular flexibility index (Phi) is 6.49. The van der Waals surface area contributed by atoms with Gasteiger partial charge >= 0.3 is 0 Å². The standard InChI is InChI=1S/C16H28N2O3/c1-2-21-10-6-9-17-16(20)13-11-15(19)18(12-13)14-7-4-3-5-8-14/h13-14H,2-12H2,1H3,(H,17,20). The highest BCUT2D eigenvalue weighted by Crippen LogP contribution is 2.28. The summed E-state index contributed by atoms with van der Waals surface area (Å²) in [5, 5.41) is 2.93. The molecule has 1 saturated heterocycles. The summed E-state index contributed by atoms with van der Waals surface area (Å²) in [6, 6.07) is 0.377. The van der Waals surface area contributed by atoms with E-state index in [4.69, 9.17) is 4.74 Å². The first-order chi connectivity index (χ1) is 10.2. The molecule has 0 aromatic carbocycles. The average Bonchev–Trinajstić information content (AvgIpc) is 2.90. The van der Waals surface area contributed by atoms with Crippen molar-refractivity contribution in [2.24, 2.45) is 5.92 Å². The maximum absolute atomic E-state index is 12.1. The SMILES string of the molecule is CCOCCCNC(=O)C1CC(=O)N(C2CCCCC2)C1. The highest BCUT2D eigenvalue weighted by atomic mass is 16.5. The van der Waals surface area contributed by atoms with E-state index in [2.05, 4.69) is 5.32 Å². The molecule has 5 heteroatoms. The molecule has 1 unspecified atom stereocenters. The number of likely N-dealkylation sites (tertiary alicyclic amines) is 1. The van der Waals surface area contributed by atoms with E-state index in [1.165, 1.54) is 19.3 Å². The van der Waals surface area contributed by atoms with Gasteiger partial charge in [-0.3, -0.25) is 9.59 Å². The Balaban J connectivity index is 1.72. The summed E-state index contributed by atoms with van der Waals surface area (Å²) >= 11 is 0. The Hall–Kier alpha value is -1.10. The van der Waals surface area contributed by atoms with Crippen LogP contribution in [-0.2, 0) is 14.3 Å². The van der Waals surface area contributed by atoms with Crippen LogP contribution in [0.5, 0.6) is 0 Å². The van der Waals surface area contributed by atoms with Crippen LogP contribution in [0.1, 0.15) is 51.9 Å². The number of ether oxygens (including phenoxy) is 1. The van der Waals surface area contributed by atoms with Crippen molar-refractivity contribution in [2.45, 2.75) is 57.9 Å². The van der Waals surface area contributed by atoms with Crippen LogP contribution in [0.4, 0.5) is 0 Å². The Labute approximate surface area is 127 Å². The van der Waals surface area contributed by atoms with E-state index in [1.807, 2.05) is 11.8 Å². The predicted molar refractivity (Wildman–Crippen MR) is 80.8 cm³/mol. The summed E-state index contributed by atoms with van der Waals surface area (Å²) in [6.45, 7) is 4.59. The lowest BCUT2D eigenvalue weighted by atomic mass is 9.94. The fourth-order valence-electron chi connectivity index (χ4n) is 3.33. The van der Waals surface area contributed by atoms with Crippen LogP contribution in [-0.4, -0.2) is 49.1 Å². The van der Waals surface area contributed by atoms with E-state index < -0.39 is 0 Å². The molecule has 1 saturated carbocycles. The van der Waals surface area contributed by atoms with Crippen molar-refractivity contribution in [3.8, 4) is 0 Å². The number of hydrogen-bond donors (Lipinski definition) is 1. The lowest BCUT2D eigenvalue weighted by Crippen LogP contribution is -2.39. The molecule has 2 rings (SSSR count). The second-order valence-electron chi connectivity index (χ2n) is 6.08. The third-order valence-electron chi connectivity index (χ3n) is 4.51. The summed E-state index contributed by atoms with van der Waals surface area (Å²) in [7, 11) is 0. The molecule has 0 aromatic heterocycles. The van der Waals surface area contributed by atoms with Gasteiger partial charge in [0.2, 0.25) is 11.8 Å². The Morgan fingerprint density at radius 1 is 1.33 bits per heavy atom. The quantitative estimate of drug-likeness (QED) is 0.728. The zero-order valence-corrected chi connectivity index (χ0v) is 13.1. The molecule has 120 valence electrons. The van der Waals surface area contributed by atoms with Gasteiger partial charge in [0.05, 0.1) is 5.92 Å². The summed E-state index contributed by atoms with van der Waals surface area (Å²) < 4.78 is 5.24. The minimum absolute atomic E-state index is 0.0261. The smallest absolute Gasteiger partial charge is 0.225 e. The number of rotatable bonds is 7. The number of nitrogens with zero attached hydrogens (tertiary/aromatic N) is 1. The van der Waals surface area contributed by atoms with Crippen LogP contribution >= 0.6 is 0 Å². The van der Waals surface area contributed by atoms with E-state index in [0.29, 0.717) is 38.8 Å². The molecule has 1 aliphatic carbocycles. The number of amides is 2. The van der Waals surface area contributed by atoms with Crippen molar-refractivity contribution in [1.82, 2.24) is 10.2 Å². The molecule has 2 fully saturated rings.